The molecule has 12 heavy (non-hydrogen) atoms. The lowest BCUT2D eigenvalue weighted by atomic mass is 10.2. The van der Waals surface area contributed by atoms with E-state index in [0.29, 0.717) is 5.25 Å². The Bertz CT molecular complexity index is 274. The minimum atomic E-state index is -0.310. The number of dihydropyridines is 1. The van der Waals surface area contributed by atoms with Crippen LogP contribution in [0, 0.1) is 0 Å². The average molecular weight is 183 g/mol. The smallest absolute Gasteiger partial charge is 0.250 e. The van der Waals surface area contributed by atoms with Gasteiger partial charge >= 0.3 is 0 Å². The SMILES string of the molecule is NC(=O)C1NC2=CC=NCC2S1. The van der Waals surface area contributed by atoms with E-state index < -0.39 is 0 Å². The summed E-state index contributed by atoms with van der Waals surface area (Å²) >= 11 is 1.53. The number of thioether (sulfide) groups is 1. The fraction of sp³-hybridized carbons (Fsp3) is 0.429. The normalized spacial score (nSPS) is 32.2. The zero-order valence-electron chi connectivity index (χ0n) is 6.36. The maximum absolute atomic E-state index is 10.8. The van der Waals surface area contributed by atoms with Crippen LogP contribution in [0.5, 0.6) is 0 Å². The summed E-state index contributed by atoms with van der Waals surface area (Å²) in [5.41, 5.74) is 6.23. The lowest BCUT2D eigenvalue weighted by Gasteiger charge is -2.08. The van der Waals surface area contributed by atoms with Crippen molar-refractivity contribution in [3.8, 4) is 0 Å². The standard InChI is InChI=1S/C7H9N3OS/c8-6(11)7-10-4-1-2-9-3-5(4)12-7/h1-2,5,7,10H,3H2,(H2,8,11). The molecule has 0 aliphatic carbocycles. The van der Waals surface area contributed by atoms with Crippen molar-refractivity contribution in [2.24, 2.45) is 10.7 Å². The maximum Gasteiger partial charge on any atom is 0.250 e. The summed E-state index contributed by atoms with van der Waals surface area (Å²) in [5, 5.41) is 3.07. The van der Waals surface area contributed by atoms with Crippen molar-refractivity contribution in [1.82, 2.24) is 5.32 Å². The molecule has 2 aliphatic rings. The Morgan fingerprint density at radius 3 is 3.33 bits per heavy atom. The van der Waals surface area contributed by atoms with Gasteiger partial charge in [0.15, 0.2) is 5.37 Å². The molecule has 0 bridgehead atoms. The van der Waals surface area contributed by atoms with Gasteiger partial charge in [0.1, 0.15) is 0 Å². The third-order valence-corrected chi connectivity index (χ3v) is 3.19. The predicted octanol–water partition coefficient (Wildman–Crippen LogP) is -0.529. The molecule has 1 fully saturated rings. The van der Waals surface area contributed by atoms with Gasteiger partial charge in [-0.05, 0) is 6.08 Å². The third kappa shape index (κ3) is 1.20. The first kappa shape index (κ1) is 7.67. The van der Waals surface area contributed by atoms with E-state index >= 15 is 0 Å². The van der Waals surface area contributed by atoms with E-state index in [1.807, 2.05) is 6.08 Å². The number of hydrogen-bond acceptors (Lipinski definition) is 4. The summed E-state index contributed by atoms with van der Waals surface area (Å²) in [6.07, 6.45) is 3.65. The Morgan fingerprint density at radius 2 is 2.67 bits per heavy atom. The molecule has 2 heterocycles. The molecule has 1 saturated heterocycles. The van der Waals surface area contributed by atoms with Gasteiger partial charge in [0.05, 0.1) is 11.8 Å². The first-order valence-electron chi connectivity index (χ1n) is 3.68. The number of nitrogens with zero attached hydrogens (tertiary/aromatic N) is 1. The number of fused-ring (bicyclic) bond motifs is 1. The van der Waals surface area contributed by atoms with Gasteiger partial charge in [0.25, 0.3) is 0 Å². The highest BCUT2D eigenvalue weighted by atomic mass is 32.2. The van der Waals surface area contributed by atoms with Gasteiger partial charge in [0.2, 0.25) is 5.91 Å². The van der Waals surface area contributed by atoms with E-state index in [4.69, 9.17) is 5.73 Å². The van der Waals surface area contributed by atoms with Gasteiger partial charge in [-0.1, -0.05) is 0 Å². The molecule has 2 rings (SSSR count). The summed E-state index contributed by atoms with van der Waals surface area (Å²) in [4.78, 5) is 14.9. The molecular formula is C7H9N3OS. The number of amides is 1. The van der Waals surface area contributed by atoms with Crippen LogP contribution < -0.4 is 11.1 Å². The van der Waals surface area contributed by atoms with Crippen molar-refractivity contribution in [2.45, 2.75) is 10.6 Å². The van der Waals surface area contributed by atoms with Gasteiger partial charge in [-0.15, -0.1) is 11.8 Å². The Balaban J connectivity index is 2.12. The van der Waals surface area contributed by atoms with Crippen molar-refractivity contribution >= 4 is 23.9 Å². The third-order valence-electron chi connectivity index (χ3n) is 1.83. The highest BCUT2D eigenvalue weighted by Gasteiger charge is 2.32. The van der Waals surface area contributed by atoms with Crippen LogP contribution in [-0.4, -0.2) is 29.3 Å². The Labute approximate surface area is 74.3 Å². The van der Waals surface area contributed by atoms with Crippen LogP contribution in [0.1, 0.15) is 0 Å². The number of allylic oxidation sites excluding steroid dienone is 1. The molecule has 2 unspecified atom stereocenters. The van der Waals surface area contributed by atoms with Crippen LogP contribution in [0.3, 0.4) is 0 Å². The Morgan fingerprint density at radius 1 is 1.83 bits per heavy atom. The highest BCUT2D eigenvalue weighted by Crippen LogP contribution is 2.30. The molecule has 1 amide bonds. The number of aliphatic imine (C=N–C) groups is 1. The summed E-state index contributed by atoms with van der Waals surface area (Å²) < 4.78 is 0. The van der Waals surface area contributed by atoms with Crippen LogP contribution in [0.4, 0.5) is 0 Å². The number of rotatable bonds is 1. The maximum atomic E-state index is 10.8. The van der Waals surface area contributed by atoms with Gasteiger partial charge in [-0.3, -0.25) is 9.79 Å². The van der Waals surface area contributed by atoms with Crippen molar-refractivity contribution in [3.63, 3.8) is 0 Å². The van der Waals surface area contributed by atoms with E-state index in [2.05, 4.69) is 10.3 Å². The van der Waals surface area contributed by atoms with E-state index in [0.717, 1.165) is 12.2 Å². The number of primary amides is 1. The Kier molecular flexibility index (Phi) is 1.80. The minimum absolute atomic E-state index is 0.275. The fourth-order valence-corrected chi connectivity index (χ4v) is 2.37. The lowest BCUT2D eigenvalue weighted by Crippen LogP contribution is -2.33. The van der Waals surface area contributed by atoms with Crippen LogP contribution in [-0.2, 0) is 4.79 Å². The first-order chi connectivity index (χ1) is 5.77. The number of carbonyl (C=O) groups is 1. The summed E-state index contributed by atoms with van der Waals surface area (Å²) in [7, 11) is 0. The van der Waals surface area contributed by atoms with Crippen molar-refractivity contribution in [1.29, 1.82) is 0 Å². The highest BCUT2D eigenvalue weighted by molar-refractivity contribution is 8.01. The predicted molar refractivity (Wildman–Crippen MR) is 48.9 cm³/mol. The van der Waals surface area contributed by atoms with Gasteiger partial charge in [-0.2, -0.15) is 0 Å². The molecule has 2 aliphatic heterocycles. The summed E-state index contributed by atoms with van der Waals surface area (Å²) in [5.74, 6) is -0.310. The number of nitrogens with one attached hydrogen (secondary N) is 1. The molecule has 64 valence electrons. The van der Waals surface area contributed by atoms with E-state index in [1.54, 1.807) is 6.21 Å². The van der Waals surface area contributed by atoms with E-state index in [-0.39, 0.29) is 11.3 Å². The van der Waals surface area contributed by atoms with Crippen LogP contribution >= 0.6 is 11.8 Å². The van der Waals surface area contributed by atoms with Crippen LogP contribution in [0.25, 0.3) is 0 Å². The summed E-state index contributed by atoms with van der Waals surface area (Å²) in [6, 6.07) is 0. The molecule has 0 radical (unpaired) electrons. The molecule has 5 heteroatoms. The van der Waals surface area contributed by atoms with Gasteiger partial charge in [-0.25, -0.2) is 0 Å². The molecule has 0 aromatic rings. The molecule has 3 N–H and O–H groups in total. The molecule has 2 atom stereocenters. The molecular weight excluding hydrogens is 174 g/mol. The van der Waals surface area contributed by atoms with E-state index in [1.165, 1.54) is 11.8 Å². The quantitative estimate of drug-likeness (QED) is 0.574. The molecule has 0 spiro atoms. The molecule has 0 saturated carbocycles. The van der Waals surface area contributed by atoms with Crippen LogP contribution in [0.15, 0.2) is 16.8 Å². The second kappa shape index (κ2) is 2.82. The largest absolute Gasteiger partial charge is 0.368 e. The van der Waals surface area contributed by atoms with Gasteiger partial charge in [0, 0.05) is 11.9 Å². The lowest BCUT2D eigenvalue weighted by molar-refractivity contribution is -0.117. The number of nitrogens with two attached hydrogens (primary N) is 1. The first-order valence-corrected chi connectivity index (χ1v) is 4.63. The Hall–Kier alpha value is -0.970. The zero-order valence-corrected chi connectivity index (χ0v) is 7.17. The average Bonchev–Trinajstić information content (AvgIpc) is 2.46. The number of hydrogen-bond donors (Lipinski definition) is 2. The fourth-order valence-electron chi connectivity index (χ4n) is 1.24. The molecule has 0 aromatic heterocycles. The van der Waals surface area contributed by atoms with Crippen molar-refractivity contribution in [3.05, 3.63) is 11.8 Å². The molecule has 4 nitrogen and oxygen atoms in total. The van der Waals surface area contributed by atoms with Crippen molar-refractivity contribution in [2.75, 3.05) is 6.54 Å². The van der Waals surface area contributed by atoms with E-state index in [9.17, 15) is 4.79 Å². The second-order valence-electron chi connectivity index (χ2n) is 2.69. The minimum Gasteiger partial charge on any atom is -0.368 e. The van der Waals surface area contributed by atoms with Crippen LogP contribution in [0.2, 0.25) is 0 Å². The van der Waals surface area contributed by atoms with Crippen molar-refractivity contribution < 1.29 is 4.79 Å². The van der Waals surface area contributed by atoms with Gasteiger partial charge < -0.3 is 11.1 Å². The zero-order chi connectivity index (χ0) is 8.55. The molecule has 0 aromatic carbocycles. The topological polar surface area (TPSA) is 67.5 Å². The monoisotopic (exact) mass is 183 g/mol. The second-order valence-corrected chi connectivity index (χ2v) is 4.00. The summed E-state index contributed by atoms with van der Waals surface area (Å²) in [6.45, 7) is 0.743. The number of carbonyl (C=O) groups excluding carboxylic acids is 1.